The second-order valence-corrected chi connectivity index (χ2v) is 14.3. The molecule has 0 N–H and O–H groups in total. The molecule has 3 rings (SSSR count). The first-order chi connectivity index (χ1) is 12.5. The molecule has 0 aliphatic carbocycles. The Hall–Kier alpha value is -2.04. The number of hydrogen-bond donors (Lipinski definition) is 0. The van der Waals surface area contributed by atoms with Crippen LogP contribution in [-0.2, 0) is 5.41 Å². The van der Waals surface area contributed by atoms with Gasteiger partial charge in [0.2, 0.25) is 5.28 Å². The maximum absolute atomic E-state index is 6.20. The molecule has 0 bridgehead atoms. The van der Waals surface area contributed by atoms with E-state index in [4.69, 9.17) is 11.6 Å². The van der Waals surface area contributed by atoms with Crippen LogP contribution in [0.5, 0.6) is 0 Å². The van der Waals surface area contributed by atoms with Gasteiger partial charge < -0.3 is 0 Å². The lowest BCUT2D eigenvalue weighted by molar-refractivity contribution is 0.590. The van der Waals surface area contributed by atoms with Crippen molar-refractivity contribution in [3.63, 3.8) is 0 Å². The molecule has 0 saturated carbocycles. The summed E-state index contributed by atoms with van der Waals surface area (Å²) < 4.78 is 0. The lowest BCUT2D eigenvalue weighted by Gasteiger charge is -2.19. The maximum atomic E-state index is 6.20. The fourth-order valence-corrected chi connectivity index (χ4v) is 4.17. The van der Waals surface area contributed by atoms with Crippen molar-refractivity contribution in [1.29, 1.82) is 0 Å². The summed E-state index contributed by atoms with van der Waals surface area (Å²) in [7, 11) is -1.33. The average molecular weight is 396 g/mol. The van der Waals surface area contributed by atoms with E-state index in [1.165, 1.54) is 10.8 Å². The van der Waals surface area contributed by atoms with Gasteiger partial charge in [0.05, 0.1) is 8.07 Å². The van der Waals surface area contributed by atoms with Crippen molar-refractivity contribution in [2.45, 2.75) is 45.8 Å². The highest BCUT2D eigenvalue weighted by atomic mass is 35.5. The predicted octanol–water partition coefficient (Wildman–Crippen LogP) is 5.70. The number of halogens is 1. The van der Waals surface area contributed by atoms with Gasteiger partial charge in [0.15, 0.2) is 11.6 Å². The molecule has 0 atom stereocenters. The van der Waals surface area contributed by atoms with E-state index in [1.807, 2.05) is 12.1 Å². The first-order valence-corrected chi connectivity index (χ1v) is 13.1. The molecule has 0 spiro atoms. The Kier molecular flexibility index (Phi) is 5.24. The van der Waals surface area contributed by atoms with Gasteiger partial charge in [-0.25, -0.2) is 4.98 Å². The molecular weight excluding hydrogens is 370 g/mol. The summed E-state index contributed by atoms with van der Waals surface area (Å²) in [4.78, 5) is 13.3. The van der Waals surface area contributed by atoms with Gasteiger partial charge in [-0.2, -0.15) is 9.97 Å². The first-order valence-electron chi connectivity index (χ1n) is 9.17. The van der Waals surface area contributed by atoms with Gasteiger partial charge in [-0.3, -0.25) is 0 Å². The smallest absolute Gasteiger partial charge is 0.208 e. The number of rotatable bonds is 3. The van der Waals surface area contributed by atoms with Gasteiger partial charge in [-0.05, 0) is 22.6 Å². The Morgan fingerprint density at radius 2 is 1.15 bits per heavy atom. The zero-order valence-electron chi connectivity index (χ0n) is 16.8. The van der Waals surface area contributed by atoms with Crippen LogP contribution in [0.3, 0.4) is 0 Å². The molecule has 27 heavy (non-hydrogen) atoms. The van der Waals surface area contributed by atoms with Crippen LogP contribution in [-0.4, -0.2) is 23.0 Å². The van der Waals surface area contributed by atoms with E-state index in [1.54, 1.807) is 0 Å². The molecule has 3 nitrogen and oxygen atoms in total. The Balaban J connectivity index is 1.97. The quantitative estimate of drug-likeness (QED) is 0.533. The number of hydrogen-bond acceptors (Lipinski definition) is 3. The number of nitrogens with zero attached hydrogens (tertiary/aromatic N) is 3. The molecule has 0 aliphatic rings. The van der Waals surface area contributed by atoms with Gasteiger partial charge >= 0.3 is 0 Å². The van der Waals surface area contributed by atoms with Crippen LogP contribution in [0, 0.1) is 0 Å². The third-order valence-corrected chi connectivity index (χ3v) is 6.86. The zero-order valence-corrected chi connectivity index (χ0v) is 18.6. The SMILES string of the molecule is CC(C)(C)c1ccc(-c2nc(Cl)nc(-c3ccc([Si](C)(C)C)cc3)n2)cc1. The molecule has 0 saturated heterocycles. The molecule has 1 heterocycles. The number of aromatic nitrogens is 3. The molecule has 0 radical (unpaired) electrons. The minimum Gasteiger partial charge on any atom is -0.208 e. The van der Waals surface area contributed by atoms with Crippen molar-refractivity contribution in [2.75, 3.05) is 0 Å². The van der Waals surface area contributed by atoms with E-state index in [0.29, 0.717) is 11.6 Å². The standard InChI is InChI=1S/C22H26ClN3Si/c1-22(2,3)17-11-7-15(8-12-17)19-24-20(26-21(23)25-19)16-9-13-18(14-10-16)27(4,5)6/h7-14H,1-6H3. The van der Waals surface area contributed by atoms with Gasteiger partial charge in [0, 0.05) is 11.1 Å². The largest absolute Gasteiger partial charge is 0.226 e. The first kappa shape index (κ1) is 19.7. The van der Waals surface area contributed by atoms with Crippen LogP contribution in [0.1, 0.15) is 26.3 Å². The highest BCUT2D eigenvalue weighted by Crippen LogP contribution is 2.26. The third-order valence-electron chi connectivity index (χ3n) is 4.63. The van der Waals surface area contributed by atoms with Crippen molar-refractivity contribution < 1.29 is 0 Å². The highest BCUT2D eigenvalue weighted by molar-refractivity contribution is 6.88. The van der Waals surface area contributed by atoms with Crippen LogP contribution in [0.4, 0.5) is 0 Å². The van der Waals surface area contributed by atoms with Crippen molar-refractivity contribution >= 4 is 24.9 Å². The van der Waals surface area contributed by atoms with Crippen molar-refractivity contribution in [1.82, 2.24) is 15.0 Å². The summed E-state index contributed by atoms with van der Waals surface area (Å²) in [6, 6.07) is 16.8. The second kappa shape index (κ2) is 7.17. The predicted molar refractivity (Wildman–Crippen MR) is 117 cm³/mol. The fraction of sp³-hybridized carbons (Fsp3) is 0.318. The molecule has 3 aromatic rings. The van der Waals surface area contributed by atoms with E-state index in [2.05, 4.69) is 91.8 Å². The maximum Gasteiger partial charge on any atom is 0.226 e. The topological polar surface area (TPSA) is 38.7 Å². The minimum absolute atomic E-state index is 0.110. The van der Waals surface area contributed by atoms with Crippen molar-refractivity contribution in [3.05, 3.63) is 59.4 Å². The van der Waals surface area contributed by atoms with Crippen LogP contribution in [0.2, 0.25) is 24.9 Å². The summed E-state index contributed by atoms with van der Waals surface area (Å²) in [5, 5.41) is 1.62. The van der Waals surface area contributed by atoms with Crippen molar-refractivity contribution in [3.8, 4) is 22.8 Å². The van der Waals surface area contributed by atoms with E-state index in [0.717, 1.165) is 11.1 Å². The summed E-state index contributed by atoms with van der Waals surface area (Å²) in [5.41, 5.74) is 3.27. The van der Waals surface area contributed by atoms with Gasteiger partial charge in [0.1, 0.15) is 0 Å². The molecule has 0 unspecified atom stereocenters. The van der Waals surface area contributed by atoms with Gasteiger partial charge in [-0.15, -0.1) is 0 Å². The monoisotopic (exact) mass is 395 g/mol. The third kappa shape index (κ3) is 4.63. The summed E-state index contributed by atoms with van der Waals surface area (Å²) in [6.07, 6.45) is 0. The summed E-state index contributed by atoms with van der Waals surface area (Å²) >= 11 is 6.20. The lowest BCUT2D eigenvalue weighted by atomic mass is 9.87. The number of benzene rings is 2. The fourth-order valence-electron chi connectivity index (χ4n) is 2.85. The molecule has 140 valence electrons. The average Bonchev–Trinajstić information content (AvgIpc) is 2.60. The summed E-state index contributed by atoms with van der Waals surface area (Å²) in [5.74, 6) is 1.20. The molecule has 0 aliphatic heterocycles. The van der Waals surface area contributed by atoms with E-state index < -0.39 is 8.07 Å². The van der Waals surface area contributed by atoms with E-state index in [9.17, 15) is 0 Å². The lowest BCUT2D eigenvalue weighted by Crippen LogP contribution is -2.37. The van der Waals surface area contributed by atoms with Gasteiger partial charge in [0.25, 0.3) is 0 Å². The zero-order chi connectivity index (χ0) is 19.8. The van der Waals surface area contributed by atoms with Crippen molar-refractivity contribution in [2.24, 2.45) is 0 Å². The van der Waals surface area contributed by atoms with Gasteiger partial charge in [-0.1, -0.05) is 94.1 Å². The van der Waals surface area contributed by atoms with Crippen LogP contribution in [0.25, 0.3) is 22.8 Å². The van der Waals surface area contributed by atoms with E-state index in [-0.39, 0.29) is 10.7 Å². The molecule has 0 amide bonds. The molecule has 5 heteroatoms. The Morgan fingerprint density at radius 1 is 0.704 bits per heavy atom. The molecule has 1 aromatic heterocycles. The highest BCUT2D eigenvalue weighted by Gasteiger charge is 2.17. The summed E-state index contributed by atoms with van der Waals surface area (Å²) in [6.45, 7) is 13.6. The van der Waals surface area contributed by atoms with Crippen LogP contribution >= 0.6 is 11.6 Å². The van der Waals surface area contributed by atoms with Crippen LogP contribution < -0.4 is 5.19 Å². The molecule has 0 fully saturated rings. The van der Waals surface area contributed by atoms with E-state index >= 15 is 0 Å². The normalized spacial score (nSPS) is 12.3. The molecular formula is C22H26ClN3Si. The van der Waals surface area contributed by atoms with Crippen LogP contribution in [0.15, 0.2) is 48.5 Å². The minimum atomic E-state index is -1.33. The Bertz CT molecular complexity index is 862. The molecule has 2 aromatic carbocycles. The second-order valence-electron chi connectivity index (χ2n) is 8.91. The Morgan fingerprint density at radius 3 is 1.56 bits per heavy atom. The Labute approximate surface area is 167 Å².